The van der Waals surface area contributed by atoms with E-state index in [9.17, 15) is 0 Å². The van der Waals surface area contributed by atoms with E-state index >= 15 is 0 Å². The summed E-state index contributed by atoms with van der Waals surface area (Å²) in [5.41, 5.74) is 11.7. The normalized spacial score (nSPS) is 32.2. The molecule has 2 saturated carbocycles. The fourth-order valence-corrected chi connectivity index (χ4v) is 7.55. The maximum absolute atomic E-state index is 5.09. The van der Waals surface area contributed by atoms with Crippen LogP contribution in [0.2, 0.25) is 0 Å². The molecular formula is C28H33N4-. The molecule has 2 aliphatic carbocycles. The third-order valence-corrected chi connectivity index (χ3v) is 9.86. The predicted octanol–water partition coefficient (Wildman–Crippen LogP) is 6.93. The van der Waals surface area contributed by atoms with Crippen molar-refractivity contribution in [3.05, 3.63) is 53.7 Å². The molecule has 7 rings (SSSR count). The first-order valence-electron chi connectivity index (χ1n) is 12.2. The summed E-state index contributed by atoms with van der Waals surface area (Å²) in [5, 5.41) is 8.47. The number of hydrogen-bond donors (Lipinski definition) is 0. The van der Waals surface area contributed by atoms with Crippen molar-refractivity contribution in [3.8, 4) is 0 Å². The van der Waals surface area contributed by atoms with Crippen LogP contribution in [-0.4, -0.2) is 17.2 Å². The van der Waals surface area contributed by atoms with E-state index in [1.54, 1.807) is 0 Å². The van der Waals surface area contributed by atoms with Crippen LogP contribution in [0.4, 0.5) is 11.4 Å². The van der Waals surface area contributed by atoms with Gasteiger partial charge in [-0.25, -0.2) is 0 Å². The third-order valence-electron chi connectivity index (χ3n) is 9.86. The summed E-state index contributed by atoms with van der Waals surface area (Å²) in [5.74, 6) is 1.73. The first-order chi connectivity index (χ1) is 15.2. The summed E-state index contributed by atoms with van der Waals surface area (Å²) in [6.45, 7) is 17.5. The Morgan fingerprint density at radius 3 is 2.66 bits per heavy atom. The second-order valence-electron chi connectivity index (χ2n) is 11.7. The zero-order valence-electron chi connectivity index (χ0n) is 20.2. The molecule has 4 aliphatic rings. The molecule has 1 aromatic heterocycles. The number of rotatable bonds is 4. The van der Waals surface area contributed by atoms with Gasteiger partial charge in [-0.3, -0.25) is 0 Å². The fraction of sp³-hybridized carbons (Fsp3) is 0.500. The smallest absolute Gasteiger partial charge is 0.0732 e. The summed E-state index contributed by atoms with van der Waals surface area (Å²) in [6.07, 6.45) is 5.01. The lowest BCUT2D eigenvalue weighted by atomic mass is 9.83. The maximum atomic E-state index is 5.09. The summed E-state index contributed by atoms with van der Waals surface area (Å²) in [6, 6.07) is 9.20. The number of benzene rings is 2. The molecule has 0 amide bonds. The molecular weight excluding hydrogens is 392 g/mol. The SMILES string of the molecule is C=C1C2(C)c3cccc4c3c3c(c5c4ccn5CC(C)(C)C4CC4CC)N(C)[N-]N3[C@]12C. The van der Waals surface area contributed by atoms with Gasteiger partial charge in [0.25, 0.3) is 0 Å². The minimum atomic E-state index is -0.152. The molecule has 0 spiro atoms. The zero-order chi connectivity index (χ0) is 22.4. The van der Waals surface area contributed by atoms with Crippen LogP contribution >= 0.6 is 0 Å². The molecule has 0 bridgehead atoms. The number of nitrogens with zero attached hydrogens (tertiary/aromatic N) is 4. The van der Waals surface area contributed by atoms with E-state index < -0.39 is 0 Å². The van der Waals surface area contributed by atoms with Gasteiger partial charge in [0.15, 0.2) is 0 Å². The van der Waals surface area contributed by atoms with Crippen molar-refractivity contribution in [1.29, 1.82) is 0 Å². The molecule has 32 heavy (non-hydrogen) atoms. The first kappa shape index (κ1) is 19.0. The highest BCUT2D eigenvalue weighted by molar-refractivity contribution is 6.24. The average molecular weight is 426 g/mol. The van der Waals surface area contributed by atoms with Crippen LogP contribution in [0.15, 0.2) is 42.6 Å². The molecule has 4 nitrogen and oxygen atoms in total. The number of aromatic nitrogens is 1. The summed E-state index contributed by atoms with van der Waals surface area (Å²) >= 11 is 0. The minimum absolute atomic E-state index is 0.0508. The number of fused-ring (bicyclic) bond motifs is 6. The Balaban J connectivity index is 1.51. The van der Waals surface area contributed by atoms with Crippen molar-refractivity contribution in [2.45, 2.75) is 65.0 Å². The largest absolute Gasteiger partial charge is 0.474 e. The number of anilines is 2. The van der Waals surface area contributed by atoms with Crippen LogP contribution in [0.1, 0.15) is 53.0 Å². The fourth-order valence-electron chi connectivity index (χ4n) is 7.55. The lowest BCUT2D eigenvalue weighted by molar-refractivity contribution is 0.248. The maximum Gasteiger partial charge on any atom is 0.0732 e. The molecule has 166 valence electrons. The van der Waals surface area contributed by atoms with Gasteiger partial charge >= 0.3 is 0 Å². The molecule has 3 aromatic rings. The average Bonchev–Trinajstić information content (AvgIpc) is 3.52. The zero-order valence-corrected chi connectivity index (χ0v) is 20.2. The molecule has 4 heteroatoms. The van der Waals surface area contributed by atoms with Crippen LogP contribution in [-0.2, 0) is 12.0 Å². The van der Waals surface area contributed by atoms with Crippen molar-refractivity contribution < 1.29 is 0 Å². The third kappa shape index (κ3) is 1.84. The van der Waals surface area contributed by atoms with E-state index in [0.29, 0.717) is 0 Å². The summed E-state index contributed by atoms with van der Waals surface area (Å²) in [7, 11) is 2.11. The Hall–Kier alpha value is -2.46. The van der Waals surface area contributed by atoms with Crippen molar-refractivity contribution in [2.75, 3.05) is 17.1 Å². The van der Waals surface area contributed by atoms with Crippen molar-refractivity contribution in [3.63, 3.8) is 0 Å². The molecule has 3 heterocycles. The van der Waals surface area contributed by atoms with Gasteiger partial charge in [-0.15, -0.1) is 0 Å². The van der Waals surface area contributed by atoms with E-state index in [-0.39, 0.29) is 16.4 Å². The van der Waals surface area contributed by atoms with Gasteiger partial charge in [-0.2, -0.15) is 0 Å². The quantitative estimate of drug-likeness (QED) is 0.424. The molecule has 2 aromatic carbocycles. The predicted molar refractivity (Wildman–Crippen MR) is 134 cm³/mol. The molecule has 0 radical (unpaired) electrons. The van der Waals surface area contributed by atoms with E-state index in [4.69, 9.17) is 5.53 Å². The van der Waals surface area contributed by atoms with E-state index in [2.05, 4.69) is 93.3 Å². The lowest BCUT2D eigenvalue weighted by Gasteiger charge is -2.46. The Kier molecular flexibility index (Phi) is 3.19. The van der Waals surface area contributed by atoms with Crippen LogP contribution < -0.4 is 10.0 Å². The highest BCUT2D eigenvalue weighted by atomic mass is 15.8. The Bertz CT molecular complexity index is 1360. The topological polar surface area (TPSA) is 25.5 Å². The molecule has 0 saturated heterocycles. The highest BCUT2D eigenvalue weighted by Crippen LogP contribution is 2.73. The second-order valence-corrected chi connectivity index (χ2v) is 11.7. The van der Waals surface area contributed by atoms with E-state index in [1.807, 2.05) is 0 Å². The van der Waals surface area contributed by atoms with Crippen molar-refractivity contribution in [2.24, 2.45) is 17.3 Å². The number of hydrogen-bond acceptors (Lipinski definition) is 2. The summed E-state index contributed by atoms with van der Waals surface area (Å²) < 4.78 is 2.52. The Morgan fingerprint density at radius 2 is 1.94 bits per heavy atom. The summed E-state index contributed by atoms with van der Waals surface area (Å²) in [4.78, 5) is 0. The first-order valence-corrected chi connectivity index (χ1v) is 12.2. The van der Waals surface area contributed by atoms with Crippen molar-refractivity contribution in [1.82, 2.24) is 4.57 Å². The van der Waals surface area contributed by atoms with Gasteiger partial charge in [0.2, 0.25) is 0 Å². The Morgan fingerprint density at radius 1 is 1.16 bits per heavy atom. The van der Waals surface area contributed by atoms with E-state index in [1.165, 1.54) is 57.0 Å². The van der Waals surface area contributed by atoms with Gasteiger partial charge in [-0.05, 0) is 67.2 Å². The van der Waals surface area contributed by atoms with Crippen molar-refractivity contribution >= 4 is 33.1 Å². The van der Waals surface area contributed by atoms with Gasteiger partial charge < -0.3 is 20.1 Å². The highest BCUT2D eigenvalue weighted by Gasteiger charge is 2.70. The van der Waals surface area contributed by atoms with Gasteiger partial charge in [0.1, 0.15) is 0 Å². The van der Waals surface area contributed by atoms with Crippen LogP contribution in [0, 0.1) is 17.3 Å². The molecule has 2 aliphatic heterocycles. The molecule has 0 N–H and O–H groups in total. The van der Waals surface area contributed by atoms with Gasteiger partial charge in [0, 0.05) is 28.9 Å². The van der Waals surface area contributed by atoms with E-state index in [0.717, 1.165) is 18.4 Å². The molecule has 4 atom stereocenters. The second kappa shape index (κ2) is 5.36. The van der Waals surface area contributed by atoms with Crippen LogP contribution in [0.25, 0.3) is 27.2 Å². The van der Waals surface area contributed by atoms with Crippen LogP contribution in [0.3, 0.4) is 0 Å². The standard InChI is InChI=1S/C28H33N4/c1-8-17-14-21(17)26(3,4)15-31-13-12-19-18-10-9-11-20-22(18)24-25(23(19)31)30(7)29-32(24)28(6)16(2)27(20,28)5/h9-13,17,21H,2,8,14-15H2,1,3-7H3/q-1/t17?,21?,27?,28-/m1/s1. The molecule has 2 fully saturated rings. The lowest BCUT2D eigenvalue weighted by Crippen LogP contribution is -2.39. The van der Waals surface area contributed by atoms with Gasteiger partial charge in [0.05, 0.1) is 22.4 Å². The molecule has 3 unspecified atom stereocenters. The van der Waals surface area contributed by atoms with Gasteiger partial charge in [-0.1, -0.05) is 52.0 Å². The minimum Gasteiger partial charge on any atom is -0.474 e. The van der Waals surface area contributed by atoms with Crippen LogP contribution in [0.5, 0.6) is 0 Å². The Labute approximate surface area is 190 Å². The monoisotopic (exact) mass is 425 g/mol.